The van der Waals surface area contributed by atoms with Crippen molar-refractivity contribution in [1.29, 1.82) is 0 Å². The molecular weight excluding hydrogens is 446 g/mol. The number of nitrogens with one attached hydrogen (secondary N) is 2. The van der Waals surface area contributed by atoms with E-state index in [0.29, 0.717) is 0 Å². The number of hydrogen-bond donors (Lipinski definition) is 4. The first-order valence-corrected chi connectivity index (χ1v) is 12.0. The van der Waals surface area contributed by atoms with E-state index in [1.54, 1.807) is 39.0 Å². The molecule has 0 spiro atoms. The summed E-state index contributed by atoms with van der Waals surface area (Å²) in [4.78, 5) is 40.4. The number of rotatable bonds is 4. The Morgan fingerprint density at radius 1 is 1.06 bits per heavy atom. The van der Waals surface area contributed by atoms with Crippen molar-refractivity contribution in [3.8, 4) is 5.75 Å². The van der Waals surface area contributed by atoms with Crippen molar-refractivity contribution in [3.05, 3.63) is 64.7 Å². The molecule has 8 nitrogen and oxygen atoms in total. The molecule has 8 heteroatoms. The lowest BCUT2D eigenvalue weighted by Crippen LogP contribution is -2.60. The Balaban J connectivity index is 1.66. The summed E-state index contributed by atoms with van der Waals surface area (Å²) in [6, 6.07) is 11.1. The van der Waals surface area contributed by atoms with Crippen molar-refractivity contribution < 1.29 is 24.6 Å². The van der Waals surface area contributed by atoms with Crippen molar-refractivity contribution in [2.45, 2.75) is 71.1 Å². The molecule has 0 unspecified atom stereocenters. The topological polar surface area (TPSA) is 119 Å². The minimum absolute atomic E-state index is 0.0777. The maximum absolute atomic E-state index is 13.7. The Morgan fingerprint density at radius 3 is 2.51 bits per heavy atom. The van der Waals surface area contributed by atoms with Gasteiger partial charge in [0.15, 0.2) is 0 Å². The normalized spacial score (nSPS) is 20.3. The molecule has 0 bridgehead atoms. The van der Waals surface area contributed by atoms with Gasteiger partial charge in [-0.25, -0.2) is 4.79 Å². The molecule has 2 aromatic carbocycles. The second-order valence-electron chi connectivity index (χ2n) is 10.5. The highest BCUT2D eigenvalue weighted by Gasteiger charge is 2.42. The van der Waals surface area contributed by atoms with Crippen LogP contribution in [0.2, 0.25) is 0 Å². The van der Waals surface area contributed by atoms with E-state index in [-0.39, 0.29) is 30.7 Å². The van der Waals surface area contributed by atoms with Gasteiger partial charge >= 0.3 is 6.09 Å². The molecule has 2 aliphatic rings. The highest BCUT2D eigenvalue weighted by molar-refractivity contribution is 5.92. The van der Waals surface area contributed by atoms with Gasteiger partial charge in [0.25, 0.3) is 0 Å². The molecule has 2 aromatic rings. The standard InChI is InChI=1S/C27H33N3O5/c1-27(2,3)23(29-26(34)35)25(33)30-15-18-13-19(31)12-11-17(18)14-22(30)24(32)28-21-10-6-8-16-7-4-5-9-20(16)21/h4-5,7,9,11-13,21-23,29,31H,6,8,10,14-15H2,1-3H3,(H,28,32)(H,34,35)/t21-,22+,23-/m1/s1. The molecule has 186 valence electrons. The molecule has 1 heterocycles. The predicted molar refractivity (Wildman–Crippen MR) is 131 cm³/mol. The summed E-state index contributed by atoms with van der Waals surface area (Å²) in [5, 5.41) is 24.9. The third kappa shape index (κ3) is 5.26. The molecule has 3 amide bonds. The lowest BCUT2D eigenvalue weighted by atomic mass is 9.84. The highest BCUT2D eigenvalue weighted by atomic mass is 16.4. The first kappa shape index (κ1) is 24.6. The minimum Gasteiger partial charge on any atom is -0.508 e. The van der Waals surface area contributed by atoms with Gasteiger partial charge in [0.2, 0.25) is 11.8 Å². The van der Waals surface area contributed by atoms with Crippen molar-refractivity contribution in [3.63, 3.8) is 0 Å². The fourth-order valence-electron chi connectivity index (χ4n) is 5.15. The van der Waals surface area contributed by atoms with Gasteiger partial charge in [-0.15, -0.1) is 0 Å². The minimum atomic E-state index is -1.30. The van der Waals surface area contributed by atoms with E-state index in [1.165, 1.54) is 10.5 Å². The van der Waals surface area contributed by atoms with E-state index >= 15 is 0 Å². The van der Waals surface area contributed by atoms with E-state index in [9.17, 15) is 24.6 Å². The van der Waals surface area contributed by atoms with Gasteiger partial charge < -0.3 is 25.7 Å². The summed E-state index contributed by atoms with van der Waals surface area (Å²) >= 11 is 0. The van der Waals surface area contributed by atoms with E-state index in [2.05, 4.69) is 16.7 Å². The third-order valence-corrected chi connectivity index (χ3v) is 6.97. The number of carboxylic acid groups (broad SMARTS) is 1. The summed E-state index contributed by atoms with van der Waals surface area (Å²) in [5.74, 6) is -0.645. The highest BCUT2D eigenvalue weighted by Crippen LogP contribution is 2.32. The Bertz CT molecular complexity index is 1140. The van der Waals surface area contributed by atoms with Crippen LogP contribution in [0, 0.1) is 5.41 Å². The summed E-state index contributed by atoms with van der Waals surface area (Å²) in [5.41, 5.74) is 3.24. The fourth-order valence-corrected chi connectivity index (χ4v) is 5.15. The number of phenols is 1. The van der Waals surface area contributed by atoms with Gasteiger partial charge in [-0.3, -0.25) is 9.59 Å². The van der Waals surface area contributed by atoms with Crippen molar-refractivity contribution >= 4 is 17.9 Å². The van der Waals surface area contributed by atoms with Gasteiger partial charge in [-0.2, -0.15) is 0 Å². The monoisotopic (exact) mass is 479 g/mol. The summed E-state index contributed by atoms with van der Waals surface area (Å²) in [7, 11) is 0. The van der Waals surface area contributed by atoms with Crippen molar-refractivity contribution in [2.24, 2.45) is 5.41 Å². The third-order valence-electron chi connectivity index (χ3n) is 6.97. The summed E-state index contributed by atoms with van der Waals surface area (Å²) < 4.78 is 0. The Labute approximate surface area is 205 Å². The Kier molecular flexibility index (Phi) is 6.74. The number of benzene rings is 2. The fraction of sp³-hybridized carbons (Fsp3) is 0.444. The predicted octanol–water partition coefficient (Wildman–Crippen LogP) is 3.52. The van der Waals surface area contributed by atoms with Crippen molar-refractivity contribution in [2.75, 3.05) is 0 Å². The Hall–Kier alpha value is -3.55. The number of nitrogens with zero attached hydrogens (tertiary/aromatic N) is 1. The maximum atomic E-state index is 13.7. The number of aromatic hydroxyl groups is 1. The average molecular weight is 480 g/mol. The number of carbonyl (C=O) groups excluding carboxylic acids is 2. The molecule has 3 atom stereocenters. The second-order valence-corrected chi connectivity index (χ2v) is 10.5. The summed E-state index contributed by atoms with van der Waals surface area (Å²) in [6.07, 6.45) is 1.74. The molecule has 1 aliphatic carbocycles. The lowest BCUT2D eigenvalue weighted by Gasteiger charge is -2.41. The first-order valence-electron chi connectivity index (χ1n) is 12.0. The zero-order chi connectivity index (χ0) is 25.3. The second kappa shape index (κ2) is 9.60. The molecular formula is C27H33N3O5. The number of aryl methyl sites for hydroxylation is 1. The van der Waals surface area contributed by atoms with Crippen LogP contribution in [0.1, 0.15) is 61.9 Å². The number of fused-ring (bicyclic) bond motifs is 2. The lowest BCUT2D eigenvalue weighted by molar-refractivity contribution is -0.145. The SMILES string of the molecule is CC(C)(C)[C@H](NC(=O)O)C(=O)N1Cc2cc(O)ccc2C[C@H]1C(=O)N[C@@H]1CCCc2ccccc21. The first-order chi connectivity index (χ1) is 16.5. The number of amides is 3. The van der Waals surface area contributed by atoms with Crippen LogP contribution in [0.4, 0.5) is 4.79 Å². The molecule has 35 heavy (non-hydrogen) atoms. The van der Waals surface area contributed by atoms with Crippen LogP contribution < -0.4 is 10.6 Å². The number of hydrogen-bond acceptors (Lipinski definition) is 4. The molecule has 1 aliphatic heterocycles. The van der Waals surface area contributed by atoms with Gasteiger partial charge in [0.05, 0.1) is 6.04 Å². The average Bonchev–Trinajstić information content (AvgIpc) is 2.80. The van der Waals surface area contributed by atoms with Gasteiger partial charge in [0.1, 0.15) is 17.8 Å². The van der Waals surface area contributed by atoms with Crippen LogP contribution in [0.25, 0.3) is 0 Å². The van der Waals surface area contributed by atoms with Crippen LogP contribution in [0.5, 0.6) is 5.75 Å². The van der Waals surface area contributed by atoms with E-state index in [0.717, 1.165) is 36.0 Å². The molecule has 0 saturated heterocycles. The van der Waals surface area contributed by atoms with Gasteiger partial charge in [0, 0.05) is 13.0 Å². The molecule has 0 fully saturated rings. The van der Waals surface area contributed by atoms with E-state index < -0.39 is 29.5 Å². The largest absolute Gasteiger partial charge is 0.508 e. The smallest absolute Gasteiger partial charge is 0.405 e. The van der Waals surface area contributed by atoms with E-state index in [4.69, 9.17) is 0 Å². The quantitative estimate of drug-likeness (QED) is 0.535. The zero-order valence-electron chi connectivity index (χ0n) is 20.4. The van der Waals surface area contributed by atoms with Crippen LogP contribution >= 0.6 is 0 Å². The molecule has 4 N–H and O–H groups in total. The molecule has 0 aromatic heterocycles. The Morgan fingerprint density at radius 2 is 1.80 bits per heavy atom. The van der Waals surface area contributed by atoms with E-state index in [1.807, 2.05) is 18.2 Å². The number of carbonyl (C=O) groups is 3. The molecule has 4 rings (SSSR count). The van der Waals surface area contributed by atoms with Gasteiger partial charge in [-0.05, 0) is 59.1 Å². The van der Waals surface area contributed by atoms with Crippen LogP contribution in [-0.4, -0.2) is 45.1 Å². The molecule has 0 saturated carbocycles. The number of phenolic OH excluding ortho intramolecular Hbond substituents is 1. The zero-order valence-corrected chi connectivity index (χ0v) is 20.4. The van der Waals surface area contributed by atoms with Crippen LogP contribution in [0.3, 0.4) is 0 Å². The van der Waals surface area contributed by atoms with Crippen LogP contribution in [-0.2, 0) is 29.0 Å². The van der Waals surface area contributed by atoms with Gasteiger partial charge in [-0.1, -0.05) is 51.1 Å². The summed E-state index contributed by atoms with van der Waals surface area (Å²) in [6.45, 7) is 5.45. The van der Waals surface area contributed by atoms with Crippen molar-refractivity contribution in [1.82, 2.24) is 15.5 Å². The molecule has 0 radical (unpaired) electrons. The maximum Gasteiger partial charge on any atom is 0.405 e. The van der Waals surface area contributed by atoms with Crippen LogP contribution in [0.15, 0.2) is 42.5 Å².